The van der Waals surface area contributed by atoms with Crippen LogP contribution in [0.15, 0.2) is 12.1 Å². The first-order valence-corrected chi connectivity index (χ1v) is 6.50. The van der Waals surface area contributed by atoms with Gasteiger partial charge in [-0.3, -0.25) is 14.9 Å². The highest BCUT2D eigenvalue weighted by molar-refractivity contribution is 5.99. The lowest BCUT2D eigenvalue weighted by Crippen LogP contribution is -2.34. The van der Waals surface area contributed by atoms with Gasteiger partial charge in [0.25, 0.3) is 11.6 Å². The highest BCUT2D eigenvalue weighted by Crippen LogP contribution is 2.31. The summed E-state index contributed by atoms with van der Waals surface area (Å²) >= 11 is 0. The maximum atomic E-state index is 13.3. The van der Waals surface area contributed by atoms with Crippen LogP contribution in [0.1, 0.15) is 36.5 Å². The molecule has 2 N–H and O–H groups in total. The molecule has 108 valence electrons. The van der Waals surface area contributed by atoms with Crippen LogP contribution in [0.4, 0.5) is 15.8 Å². The molecule has 2 rings (SSSR count). The number of carbonyl (C=O) groups is 1. The fraction of sp³-hybridized carbons (Fsp3) is 0.462. The van der Waals surface area contributed by atoms with Crippen molar-refractivity contribution in [3.8, 4) is 0 Å². The largest absolute Gasteiger partial charge is 0.396 e. The highest BCUT2D eigenvalue weighted by Gasteiger charge is 2.35. The van der Waals surface area contributed by atoms with Gasteiger partial charge in [0, 0.05) is 12.6 Å². The Balaban J connectivity index is 2.41. The summed E-state index contributed by atoms with van der Waals surface area (Å²) < 4.78 is 13.3. The molecule has 1 saturated carbocycles. The van der Waals surface area contributed by atoms with E-state index in [-0.39, 0.29) is 17.3 Å². The molecule has 1 amide bonds. The van der Waals surface area contributed by atoms with Crippen molar-refractivity contribution in [2.45, 2.75) is 32.2 Å². The van der Waals surface area contributed by atoms with E-state index in [0.29, 0.717) is 12.6 Å². The van der Waals surface area contributed by atoms with Crippen molar-refractivity contribution in [3.63, 3.8) is 0 Å². The summed E-state index contributed by atoms with van der Waals surface area (Å²) in [5.41, 5.74) is 4.48. The van der Waals surface area contributed by atoms with Crippen molar-refractivity contribution >= 4 is 17.3 Å². The third-order valence-corrected chi connectivity index (χ3v) is 3.26. The number of amides is 1. The van der Waals surface area contributed by atoms with E-state index in [1.54, 1.807) is 4.90 Å². The first-order chi connectivity index (χ1) is 9.45. The number of nitro benzene ring substituents is 1. The topological polar surface area (TPSA) is 89.5 Å². The van der Waals surface area contributed by atoms with Crippen molar-refractivity contribution in [2.24, 2.45) is 0 Å². The second-order valence-corrected chi connectivity index (χ2v) is 4.88. The Morgan fingerprint density at radius 1 is 1.55 bits per heavy atom. The minimum absolute atomic E-state index is 0.133. The van der Waals surface area contributed by atoms with Gasteiger partial charge in [0.15, 0.2) is 5.82 Å². The highest BCUT2D eigenvalue weighted by atomic mass is 19.1. The molecule has 0 radical (unpaired) electrons. The Hall–Kier alpha value is -2.18. The zero-order valence-electron chi connectivity index (χ0n) is 11.1. The van der Waals surface area contributed by atoms with Gasteiger partial charge in [-0.1, -0.05) is 6.92 Å². The molecule has 20 heavy (non-hydrogen) atoms. The van der Waals surface area contributed by atoms with Crippen molar-refractivity contribution in [1.82, 2.24) is 4.90 Å². The third-order valence-electron chi connectivity index (χ3n) is 3.26. The van der Waals surface area contributed by atoms with Gasteiger partial charge < -0.3 is 10.6 Å². The SMILES string of the molecule is CCCN(C(=O)c1cc(N)c(F)cc1[N+](=O)[O-])C1CC1. The number of rotatable bonds is 5. The van der Waals surface area contributed by atoms with Crippen molar-refractivity contribution in [1.29, 1.82) is 0 Å². The fourth-order valence-electron chi connectivity index (χ4n) is 2.13. The number of hydrogen-bond donors (Lipinski definition) is 1. The van der Waals surface area contributed by atoms with Gasteiger partial charge in [-0.2, -0.15) is 0 Å². The molecule has 6 nitrogen and oxygen atoms in total. The summed E-state index contributed by atoms with van der Waals surface area (Å²) in [6.07, 6.45) is 2.55. The number of benzene rings is 1. The van der Waals surface area contributed by atoms with Crippen LogP contribution in [0.25, 0.3) is 0 Å². The predicted molar refractivity (Wildman–Crippen MR) is 71.8 cm³/mol. The Labute approximate surface area is 115 Å². The van der Waals surface area contributed by atoms with Gasteiger partial charge >= 0.3 is 0 Å². The Morgan fingerprint density at radius 3 is 2.70 bits per heavy atom. The van der Waals surface area contributed by atoms with E-state index in [9.17, 15) is 19.3 Å². The van der Waals surface area contributed by atoms with E-state index in [1.165, 1.54) is 0 Å². The first-order valence-electron chi connectivity index (χ1n) is 6.50. The molecule has 1 aromatic carbocycles. The molecule has 0 heterocycles. The molecule has 0 aromatic heterocycles. The molecule has 1 aliphatic carbocycles. The number of nitrogens with zero attached hydrogens (tertiary/aromatic N) is 2. The molecule has 0 bridgehead atoms. The average Bonchev–Trinajstić information content (AvgIpc) is 3.22. The summed E-state index contributed by atoms with van der Waals surface area (Å²) in [6, 6.07) is 1.90. The maximum Gasteiger partial charge on any atom is 0.285 e. The second kappa shape index (κ2) is 5.44. The van der Waals surface area contributed by atoms with Crippen LogP contribution >= 0.6 is 0 Å². The van der Waals surface area contributed by atoms with E-state index >= 15 is 0 Å². The van der Waals surface area contributed by atoms with Gasteiger partial charge in [0.2, 0.25) is 0 Å². The summed E-state index contributed by atoms with van der Waals surface area (Å²) in [5.74, 6) is -1.34. The second-order valence-electron chi connectivity index (χ2n) is 4.88. The van der Waals surface area contributed by atoms with E-state index in [0.717, 1.165) is 25.3 Å². The monoisotopic (exact) mass is 281 g/mol. The Bertz CT molecular complexity index is 558. The average molecular weight is 281 g/mol. The van der Waals surface area contributed by atoms with Gasteiger partial charge in [-0.25, -0.2) is 4.39 Å². The quantitative estimate of drug-likeness (QED) is 0.509. The van der Waals surface area contributed by atoms with Crippen LogP contribution in [0, 0.1) is 15.9 Å². The minimum atomic E-state index is -0.887. The molecule has 1 fully saturated rings. The molecule has 0 aliphatic heterocycles. The molecule has 0 unspecified atom stereocenters. The number of nitrogens with two attached hydrogens (primary N) is 1. The van der Waals surface area contributed by atoms with Crippen molar-refractivity contribution < 1.29 is 14.1 Å². The molecular formula is C13H16FN3O3. The molecule has 7 heteroatoms. The van der Waals surface area contributed by atoms with E-state index in [2.05, 4.69) is 0 Å². The van der Waals surface area contributed by atoms with E-state index < -0.39 is 22.3 Å². The van der Waals surface area contributed by atoms with Gasteiger partial charge in [-0.15, -0.1) is 0 Å². The maximum absolute atomic E-state index is 13.3. The van der Waals surface area contributed by atoms with Crippen molar-refractivity contribution in [3.05, 3.63) is 33.6 Å². The normalized spacial score (nSPS) is 14.1. The fourth-order valence-corrected chi connectivity index (χ4v) is 2.13. The van der Waals surface area contributed by atoms with E-state index in [4.69, 9.17) is 5.73 Å². The number of carbonyl (C=O) groups excluding carboxylic acids is 1. The van der Waals surface area contributed by atoms with Crippen LogP contribution in [-0.2, 0) is 0 Å². The minimum Gasteiger partial charge on any atom is -0.396 e. The van der Waals surface area contributed by atoms with Gasteiger partial charge in [0.05, 0.1) is 16.7 Å². The van der Waals surface area contributed by atoms with Gasteiger partial charge in [-0.05, 0) is 25.3 Å². The summed E-state index contributed by atoms with van der Waals surface area (Å²) in [6.45, 7) is 2.45. The molecule has 0 saturated heterocycles. The lowest BCUT2D eigenvalue weighted by atomic mass is 10.1. The van der Waals surface area contributed by atoms with Crippen LogP contribution in [0.3, 0.4) is 0 Å². The van der Waals surface area contributed by atoms with Crippen molar-refractivity contribution in [2.75, 3.05) is 12.3 Å². The third kappa shape index (κ3) is 2.71. The smallest absolute Gasteiger partial charge is 0.285 e. The predicted octanol–water partition coefficient (Wildman–Crippen LogP) is 2.33. The Kier molecular flexibility index (Phi) is 3.87. The lowest BCUT2D eigenvalue weighted by Gasteiger charge is -2.21. The Morgan fingerprint density at radius 2 is 2.20 bits per heavy atom. The molecule has 1 aromatic rings. The van der Waals surface area contributed by atoms with Crippen LogP contribution in [-0.4, -0.2) is 28.3 Å². The van der Waals surface area contributed by atoms with Crippen LogP contribution in [0.5, 0.6) is 0 Å². The summed E-state index contributed by atoms with van der Waals surface area (Å²) in [7, 11) is 0. The molecule has 0 atom stereocenters. The molecular weight excluding hydrogens is 265 g/mol. The first kappa shape index (κ1) is 14.2. The lowest BCUT2D eigenvalue weighted by molar-refractivity contribution is -0.385. The number of nitrogen functional groups attached to an aromatic ring is 1. The zero-order chi connectivity index (χ0) is 14.9. The standard InChI is InChI=1S/C13H16FN3O3/c1-2-5-16(8-3-4-8)13(18)9-6-11(15)10(14)7-12(9)17(19)20/h6-8H,2-5,15H2,1H3. The number of halogens is 1. The summed E-state index contributed by atoms with van der Waals surface area (Å²) in [5, 5.41) is 11.0. The number of anilines is 1. The molecule has 0 spiro atoms. The number of hydrogen-bond acceptors (Lipinski definition) is 4. The number of nitro groups is 1. The summed E-state index contributed by atoms with van der Waals surface area (Å²) in [4.78, 5) is 24.3. The van der Waals surface area contributed by atoms with Gasteiger partial charge in [0.1, 0.15) is 5.56 Å². The van der Waals surface area contributed by atoms with Crippen LogP contribution < -0.4 is 5.73 Å². The molecule has 1 aliphatic rings. The zero-order valence-corrected chi connectivity index (χ0v) is 11.1. The van der Waals surface area contributed by atoms with E-state index in [1.807, 2.05) is 6.92 Å². The van der Waals surface area contributed by atoms with Crippen LogP contribution in [0.2, 0.25) is 0 Å².